The molecule has 1 amide bonds. The van der Waals surface area contributed by atoms with Crippen LogP contribution in [0.1, 0.15) is 22.5 Å². The van der Waals surface area contributed by atoms with Crippen molar-refractivity contribution in [3.8, 4) is 11.4 Å². The second kappa shape index (κ2) is 8.47. The zero-order valence-corrected chi connectivity index (χ0v) is 17.6. The molecule has 1 aliphatic rings. The highest BCUT2D eigenvalue weighted by molar-refractivity contribution is 5.98. The molecule has 31 heavy (non-hydrogen) atoms. The van der Waals surface area contributed by atoms with E-state index in [0.717, 1.165) is 22.5 Å². The van der Waals surface area contributed by atoms with Crippen LogP contribution in [-0.2, 0) is 14.3 Å². The molecule has 7 heteroatoms. The number of carbonyl (C=O) groups is 2. The molecule has 7 nitrogen and oxygen atoms in total. The second-order valence-corrected chi connectivity index (χ2v) is 7.41. The van der Waals surface area contributed by atoms with Gasteiger partial charge in [-0.1, -0.05) is 35.9 Å². The van der Waals surface area contributed by atoms with Crippen LogP contribution in [0, 0.1) is 20.8 Å². The van der Waals surface area contributed by atoms with Crippen LogP contribution in [0.25, 0.3) is 11.8 Å². The predicted molar refractivity (Wildman–Crippen MR) is 117 cm³/mol. The summed E-state index contributed by atoms with van der Waals surface area (Å²) in [5.74, 6) is -0.289. The van der Waals surface area contributed by atoms with Crippen molar-refractivity contribution in [2.24, 2.45) is 0 Å². The molecular formula is C24H23N3O4. The Morgan fingerprint density at radius 1 is 1.10 bits per heavy atom. The molecule has 0 spiro atoms. The number of nitrogens with zero attached hydrogens (tertiary/aromatic N) is 2. The van der Waals surface area contributed by atoms with Crippen molar-refractivity contribution in [3.63, 3.8) is 0 Å². The van der Waals surface area contributed by atoms with Gasteiger partial charge in [-0.25, -0.2) is 9.48 Å². The van der Waals surface area contributed by atoms with E-state index < -0.39 is 18.5 Å². The minimum absolute atomic E-state index is 0.110. The second-order valence-electron chi connectivity index (χ2n) is 7.41. The summed E-state index contributed by atoms with van der Waals surface area (Å²) in [6, 6.07) is 15.4. The van der Waals surface area contributed by atoms with Crippen LogP contribution >= 0.6 is 0 Å². The molecule has 1 N–H and O–H groups in total. The fourth-order valence-corrected chi connectivity index (χ4v) is 3.39. The Balaban J connectivity index is 1.40. The summed E-state index contributed by atoms with van der Waals surface area (Å²) in [6.45, 7) is 5.43. The number of anilines is 1. The molecule has 158 valence electrons. The normalized spacial score (nSPS) is 12.4. The van der Waals surface area contributed by atoms with Crippen molar-refractivity contribution in [1.29, 1.82) is 0 Å². The summed E-state index contributed by atoms with van der Waals surface area (Å²) in [5, 5.41) is 7.33. The number of para-hydroxylation sites is 1. The van der Waals surface area contributed by atoms with Crippen molar-refractivity contribution < 1.29 is 19.1 Å². The lowest BCUT2D eigenvalue weighted by atomic mass is 10.1. The van der Waals surface area contributed by atoms with E-state index in [1.165, 1.54) is 0 Å². The zero-order chi connectivity index (χ0) is 22.0. The number of esters is 1. The number of amides is 1. The highest BCUT2D eigenvalue weighted by Gasteiger charge is 2.20. The van der Waals surface area contributed by atoms with Crippen molar-refractivity contribution in [2.75, 3.05) is 18.5 Å². The molecule has 0 saturated carbocycles. The first-order valence-corrected chi connectivity index (χ1v) is 9.95. The van der Waals surface area contributed by atoms with Crippen LogP contribution < -0.4 is 10.1 Å². The number of nitrogens with one attached hydrogen (secondary N) is 1. The van der Waals surface area contributed by atoms with E-state index >= 15 is 0 Å². The van der Waals surface area contributed by atoms with E-state index in [1.807, 2.05) is 69.3 Å². The molecule has 0 atom stereocenters. The molecule has 3 aromatic rings. The molecule has 0 radical (unpaired) electrons. The van der Waals surface area contributed by atoms with Gasteiger partial charge in [0.15, 0.2) is 6.61 Å². The van der Waals surface area contributed by atoms with Gasteiger partial charge in [-0.3, -0.25) is 4.79 Å². The first-order chi connectivity index (χ1) is 14.9. The molecule has 2 aromatic carbocycles. The Bertz CT molecular complexity index is 1180. The number of aromatic nitrogens is 2. The fourth-order valence-electron chi connectivity index (χ4n) is 3.39. The molecule has 1 aliphatic heterocycles. The summed E-state index contributed by atoms with van der Waals surface area (Å²) >= 11 is 0. The van der Waals surface area contributed by atoms with E-state index in [2.05, 4.69) is 10.4 Å². The zero-order valence-electron chi connectivity index (χ0n) is 17.6. The Morgan fingerprint density at radius 2 is 1.84 bits per heavy atom. The molecule has 0 aliphatic carbocycles. The molecule has 0 bridgehead atoms. The van der Waals surface area contributed by atoms with Gasteiger partial charge in [-0.2, -0.15) is 5.10 Å². The van der Waals surface area contributed by atoms with E-state index in [4.69, 9.17) is 9.47 Å². The van der Waals surface area contributed by atoms with E-state index in [9.17, 15) is 9.59 Å². The number of fused-ring (bicyclic) bond motifs is 1. The summed E-state index contributed by atoms with van der Waals surface area (Å²) in [4.78, 5) is 24.8. The quantitative estimate of drug-likeness (QED) is 0.640. The molecule has 1 aromatic heterocycles. The third-order valence-electron chi connectivity index (χ3n) is 5.06. The fraction of sp³-hybridized carbons (Fsp3) is 0.208. The number of hydrogen-bond acceptors (Lipinski definition) is 5. The first kappa shape index (κ1) is 20.4. The van der Waals surface area contributed by atoms with E-state index in [-0.39, 0.29) is 6.61 Å². The molecule has 0 saturated heterocycles. The van der Waals surface area contributed by atoms with Gasteiger partial charge >= 0.3 is 5.97 Å². The number of benzene rings is 2. The van der Waals surface area contributed by atoms with Gasteiger partial charge in [0.25, 0.3) is 5.91 Å². The lowest BCUT2D eigenvalue weighted by Gasteiger charge is -2.16. The van der Waals surface area contributed by atoms with Gasteiger partial charge in [0.05, 0.1) is 28.3 Å². The topological polar surface area (TPSA) is 82.5 Å². The van der Waals surface area contributed by atoms with Gasteiger partial charge in [-0.15, -0.1) is 0 Å². The number of aryl methyl sites for hydroxylation is 2. The largest absolute Gasteiger partial charge is 0.488 e. The van der Waals surface area contributed by atoms with Crippen LogP contribution in [0.5, 0.6) is 5.75 Å². The third-order valence-corrected chi connectivity index (χ3v) is 5.06. The Morgan fingerprint density at radius 3 is 2.61 bits per heavy atom. The van der Waals surface area contributed by atoms with Gasteiger partial charge < -0.3 is 14.8 Å². The lowest BCUT2D eigenvalue weighted by Crippen LogP contribution is -2.24. The average molecular weight is 417 g/mol. The van der Waals surface area contributed by atoms with Crippen molar-refractivity contribution in [1.82, 2.24) is 9.78 Å². The van der Waals surface area contributed by atoms with Gasteiger partial charge in [-0.05, 0) is 45.0 Å². The Labute approximate surface area is 180 Å². The van der Waals surface area contributed by atoms with Gasteiger partial charge in [0.2, 0.25) is 0 Å². The highest BCUT2D eigenvalue weighted by atomic mass is 16.5. The van der Waals surface area contributed by atoms with Gasteiger partial charge in [0, 0.05) is 5.56 Å². The Kier molecular flexibility index (Phi) is 5.58. The summed E-state index contributed by atoms with van der Waals surface area (Å²) in [7, 11) is 0. The number of rotatable bonds is 5. The van der Waals surface area contributed by atoms with Gasteiger partial charge in [0.1, 0.15) is 12.4 Å². The minimum atomic E-state index is -0.576. The predicted octanol–water partition coefficient (Wildman–Crippen LogP) is 3.76. The summed E-state index contributed by atoms with van der Waals surface area (Å²) in [6.07, 6.45) is 1.72. The van der Waals surface area contributed by atoms with Crippen molar-refractivity contribution in [2.45, 2.75) is 20.8 Å². The monoisotopic (exact) mass is 417 g/mol. The molecule has 0 unspecified atom stereocenters. The lowest BCUT2D eigenvalue weighted by molar-refractivity contribution is -0.143. The van der Waals surface area contributed by atoms with E-state index in [1.54, 1.807) is 10.8 Å². The molecular weight excluding hydrogens is 394 g/mol. The average Bonchev–Trinajstić information content (AvgIpc) is 3.06. The smallest absolute Gasteiger partial charge is 0.338 e. The summed E-state index contributed by atoms with van der Waals surface area (Å²) in [5.41, 5.74) is 5.31. The highest BCUT2D eigenvalue weighted by Crippen LogP contribution is 2.26. The number of hydrogen-bond donors (Lipinski definition) is 1. The Hall–Kier alpha value is -3.87. The van der Waals surface area contributed by atoms with Crippen LogP contribution in [0.15, 0.2) is 54.1 Å². The molecule has 4 rings (SSSR count). The standard InChI is InChI=1S/C24H23N3O4/c1-15-8-10-20(11-9-15)27-17(3)23(16(2)26-27)25-22(28)14-31-24(29)19-12-18-6-4-5-7-21(18)30-13-19/h4-12H,13-14H2,1-3H3,(H,25,28). The molecule has 0 fully saturated rings. The van der Waals surface area contributed by atoms with Crippen LogP contribution in [0.4, 0.5) is 5.69 Å². The summed E-state index contributed by atoms with van der Waals surface area (Å²) < 4.78 is 12.5. The van der Waals surface area contributed by atoms with E-state index in [0.29, 0.717) is 22.7 Å². The molecule has 2 heterocycles. The third kappa shape index (κ3) is 4.35. The number of ether oxygens (including phenoxy) is 2. The number of carbonyl (C=O) groups excluding carboxylic acids is 2. The SMILES string of the molecule is Cc1ccc(-n2nc(C)c(NC(=O)COC(=O)C3=Cc4ccccc4OC3)c2C)cc1. The van der Waals surface area contributed by atoms with Crippen LogP contribution in [0.3, 0.4) is 0 Å². The van der Waals surface area contributed by atoms with Crippen molar-refractivity contribution in [3.05, 3.63) is 76.6 Å². The maximum absolute atomic E-state index is 12.4. The maximum atomic E-state index is 12.4. The van der Waals surface area contributed by atoms with Crippen molar-refractivity contribution >= 4 is 23.6 Å². The van der Waals surface area contributed by atoms with Crippen LogP contribution in [0.2, 0.25) is 0 Å². The van der Waals surface area contributed by atoms with Crippen LogP contribution in [-0.4, -0.2) is 34.9 Å². The first-order valence-electron chi connectivity index (χ1n) is 9.95. The minimum Gasteiger partial charge on any atom is -0.488 e. The maximum Gasteiger partial charge on any atom is 0.338 e.